The summed E-state index contributed by atoms with van der Waals surface area (Å²) in [5.74, 6) is -0.742. The molecule has 2 saturated heterocycles. The monoisotopic (exact) mass is 1020 g/mol. The minimum Gasteiger partial charge on any atom is -0.467 e. The molecule has 6 aromatic rings. The minimum atomic E-state index is -3.26. The van der Waals surface area contributed by atoms with Gasteiger partial charge in [-0.2, -0.15) is 18.6 Å². The highest BCUT2D eigenvalue weighted by atomic mass is 35.5. The van der Waals surface area contributed by atoms with Gasteiger partial charge in [-0.25, -0.2) is 28.7 Å². The maximum atomic E-state index is 13.9. The molecule has 0 unspecified atom stereocenters. The summed E-state index contributed by atoms with van der Waals surface area (Å²) in [5.41, 5.74) is 15.1. The fourth-order valence-corrected chi connectivity index (χ4v) is 9.19. The Hall–Kier alpha value is -4.93. The van der Waals surface area contributed by atoms with E-state index < -0.39 is 34.0 Å². The van der Waals surface area contributed by atoms with Crippen LogP contribution in [-0.4, -0.2) is 111 Å². The summed E-state index contributed by atoms with van der Waals surface area (Å²) >= 11 is 24.4. The van der Waals surface area contributed by atoms with Crippen LogP contribution in [0.25, 0.3) is 22.5 Å². The zero-order valence-electron chi connectivity index (χ0n) is 37.1. The molecule has 2 aromatic carbocycles. The van der Waals surface area contributed by atoms with E-state index in [-0.39, 0.29) is 44.6 Å². The molecule has 6 heterocycles. The number of nitrogens with zero attached hydrogens (tertiary/aromatic N) is 9. The minimum absolute atomic E-state index is 0.0950. The number of aromatic nitrogens is 8. The van der Waals surface area contributed by atoms with Crippen molar-refractivity contribution in [3.63, 3.8) is 0 Å². The third-order valence-corrected chi connectivity index (χ3v) is 12.9. The topological polar surface area (TPSA) is 218 Å². The van der Waals surface area contributed by atoms with Crippen molar-refractivity contribution in [2.24, 2.45) is 0 Å². The molecule has 2 aliphatic heterocycles. The number of benzene rings is 2. The average molecular weight is 1030 g/mol. The van der Waals surface area contributed by atoms with Gasteiger partial charge in [-0.05, 0) is 91.0 Å². The number of nitrogens with one attached hydrogen (secondary N) is 1. The Morgan fingerprint density at radius 3 is 1.67 bits per heavy atom. The largest absolute Gasteiger partial charge is 0.467 e. The molecule has 2 aliphatic rings. The first-order valence-electron chi connectivity index (χ1n) is 20.9. The second-order valence-electron chi connectivity index (χ2n) is 16.0. The van der Waals surface area contributed by atoms with Gasteiger partial charge in [0.05, 0.1) is 64.6 Å². The Balaban J connectivity index is 0.000000182. The smallest absolute Gasteiger partial charge is 0.264 e. The van der Waals surface area contributed by atoms with Gasteiger partial charge in [0.15, 0.2) is 11.6 Å². The van der Waals surface area contributed by atoms with Crippen LogP contribution in [0.4, 0.5) is 20.4 Å². The molecule has 360 valence electrons. The number of hydrogen-bond acceptors (Lipinski definition) is 15. The molecule has 8 rings (SSSR count). The van der Waals surface area contributed by atoms with Crippen molar-refractivity contribution in [1.29, 1.82) is 0 Å². The predicted octanol–water partition coefficient (Wildman–Crippen LogP) is 8.87. The first-order chi connectivity index (χ1) is 31.8. The Morgan fingerprint density at radius 1 is 0.731 bits per heavy atom. The maximum absolute atomic E-state index is 13.9. The quantitative estimate of drug-likeness (QED) is 0.0815. The van der Waals surface area contributed by atoms with E-state index in [1.165, 1.54) is 30.5 Å². The van der Waals surface area contributed by atoms with E-state index in [0.717, 1.165) is 69.2 Å². The number of halogens is 6. The number of nitrogen functional groups attached to an aromatic ring is 2. The molecule has 24 heteroatoms. The number of piperidine rings is 2. The van der Waals surface area contributed by atoms with E-state index in [2.05, 4.69) is 52.1 Å². The maximum Gasteiger partial charge on any atom is 0.264 e. The number of rotatable bonds is 11. The molecule has 5 N–H and O–H groups in total. The number of aromatic amines is 1. The van der Waals surface area contributed by atoms with E-state index in [0.29, 0.717) is 33.6 Å². The van der Waals surface area contributed by atoms with Crippen molar-refractivity contribution in [3.8, 4) is 34.3 Å². The Kier molecular flexibility index (Phi) is 17.6. The van der Waals surface area contributed by atoms with E-state index >= 15 is 0 Å². The highest BCUT2D eigenvalue weighted by Gasteiger charge is 2.24. The highest BCUT2D eigenvalue weighted by Crippen LogP contribution is 2.37. The van der Waals surface area contributed by atoms with Crippen LogP contribution in [0.5, 0.6) is 11.8 Å². The van der Waals surface area contributed by atoms with Crippen LogP contribution in [-0.2, 0) is 14.3 Å². The summed E-state index contributed by atoms with van der Waals surface area (Å²) < 4.78 is 67.5. The number of ether oxygens (including phenoxy) is 2. The van der Waals surface area contributed by atoms with Crippen LogP contribution in [0.3, 0.4) is 0 Å². The Morgan fingerprint density at radius 2 is 1.21 bits per heavy atom. The standard InChI is InChI=1S/C21H23Cl2FN6O.C15H12Cl2FN5O.C7H15NO3S/c1-12(18-15(22)3-4-16(24)19(18)23)31-21-20(25)26-10-17(28-21)13-9-27-30(11-13)14-5-7-29(2)8-6-14;1-7(12-9(16)2-3-10(18)13(12)17)24-15-14(19)20-6-11(23-15)8-4-21-22-5-8;1-8-5-3-7(4-6-8)11-12(2,9)10/h3-4,9-12,14H,5-8H2,1-2H3,(H2,25,26);2-7H,1H3,(H2,19,20)(H,21,22);7H,3-6H2,1-2H3/t12-;7-;/m11./s1. The van der Waals surface area contributed by atoms with Crippen molar-refractivity contribution >= 4 is 68.2 Å². The summed E-state index contributed by atoms with van der Waals surface area (Å²) in [6.45, 7) is 7.28. The zero-order chi connectivity index (χ0) is 48.6. The fraction of sp³-hybridized carbons (Fsp3) is 0.395. The molecular formula is C43H50Cl4F2N12O5S. The van der Waals surface area contributed by atoms with Crippen LogP contribution in [0.15, 0.2) is 61.4 Å². The van der Waals surface area contributed by atoms with Crippen LogP contribution in [0.2, 0.25) is 20.1 Å². The van der Waals surface area contributed by atoms with Gasteiger partial charge >= 0.3 is 0 Å². The first kappa shape index (κ1) is 51.5. The van der Waals surface area contributed by atoms with Gasteiger partial charge in [0.1, 0.15) is 23.8 Å². The number of nitrogens with two attached hydrogens (primary N) is 2. The lowest BCUT2D eigenvalue weighted by molar-refractivity contribution is 0.121. The summed E-state index contributed by atoms with van der Waals surface area (Å²) in [7, 11) is 0.891. The van der Waals surface area contributed by atoms with Gasteiger partial charge in [-0.1, -0.05) is 46.4 Å². The van der Waals surface area contributed by atoms with E-state index in [1.54, 1.807) is 38.6 Å². The van der Waals surface area contributed by atoms with Gasteiger partial charge in [0, 0.05) is 57.8 Å². The molecule has 2 atom stereocenters. The van der Waals surface area contributed by atoms with Crippen molar-refractivity contribution in [2.75, 3.05) is 58.0 Å². The molecule has 4 aromatic heterocycles. The second kappa shape index (κ2) is 22.9. The molecule has 0 saturated carbocycles. The fourth-order valence-electron chi connectivity index (χ4n) is 7.15. The van der Waals surface area contributed by atoms with Crippen LogP contribution < -0.4 is 20.9 Å². The lowest BCUT2D eigenvalue weighted by Gasteiger charge is -2.28. The van der Waals surface area contributed by atoms with Crippen LogP contribution in [0.1, 0.15) is 68.9 Å². The SMILES string of the molecule is CN1CCC(OS(C)(=O)=O)CC1.C[C@@H](Oc1nc(-c2cn[nH]c2)cnc1N)c1c(Cl)ccc(F)c1Cl.C[C@@H](Oc1nc(-c2cnn(C3CCN(C)CC3)c2)cnc1N)c1c(Cl)ccc(F)c1Cl. The normalized spacial score (nSPS) is 16.0. The van der Waals surface area contributed by atoms with Gasteiger partial charge in [0.25, 0.3) is 21.9 Å². The number of anilines is 2. The van der Waals surface area contributed by atoms with Gasteiger partial charge in [0.2, 0.25) is 0 Å². The molecule has 0 bridgehead atoms. The average Bonchev–Trinajstić information content (AvgIpc) is 4.01. The summed E-state index contributed by atoms with van der Waals surface area (Å²) in [6.07, 6.45) is 13.4. The lowest BCUT2D eigenvalue weighted by Crippen LogP contribution is -2.35. The van der Waals surface area contributed by atoms with Gasteiger partial charge < -0.3 is 30.7 Å². The van der Waals surface area contributed by atoms with Crippen molar-refractivity contribution < 1.29 is 30.9 Å². The van der Waals surface area contributed by atoms with E-state index in [1.807, 2.05) is 17.9 Å². The van der Waals surface area contributed by atoms with Crippen LogP contribution in [0, 0.1) is 11.6 Å². The molecule has 67 heavy (non-hydrogen) atoms. The molecule has 0 spiro atoms. The summed E-state index contributed by atoms with van der Waals surface area (Å²) in [4.78, 5) is 21.6. The molecular weight excluding hydrogens is 976 g/mol. The third kappa shape index (κ3) is 13.8. The van der Waals surface area contributed by atoms with Gasteiger partial charge in [-0.3, -0.25) is 14.0 Å². The summed E-state index contributed by atoms with van der Waals surface area (Å²) in [6, 6.07) is 5.60. The van der Waals surface area contributed by atoms with Gasteiger partial charge in [-0.15, -0.1) is 0 Å². The number of H-pyrrole nitrogens is 1. The zero-order valence-corrected chi connectivity index (χ0v) is 41.0. The van der Waals surface area contributed by atoms with Crippen molar-refractivity contribution in [1.82, 2.24) is 49.7 Å². The van der Waals surface area contributed by atoms with E-state index in [4.69, 9.17) is 71.5 Å². The molecule has 17 nitrogen and oxygen atoms in total. The highest BCUT2D eigenvalue weighted by molar-refractivity contribution is 7.86. The first-order valence-corrected chi connectivity index (χ1v) is 24.2. The van der Waals surface area contributed by atoms with Crippen molar-refractivity contribution in [3.05, 3.63) is 104 Å². The third-order valence-electron chi connectivity index (χ3n) is 10.8. The number of hydrogen-bond donors (Lipinski definition) is 3. The molecule has 0 amide bonds. The Labute approximate surface area is 407 Å². The second-order valence-corrected chi connectivity index (χ2v) is 19.1. The Bertz CT molecular complexity index is 2720. The predicted molar refractivity (Wildman–Crippen MR) is 255 cm³/mol. The molecule has 2 fully saturated rings. The number of likely N-dealkylation sites (tertiary alicyclic amines) is 2. The van der Waals surface area contributed by atoms with Crippen LogP contribution >= 0.6 is 46.4 Å². The molecule has 0 radical (unpaired) electrons. The molecule has 0 aliphatic carbocycles. The van der Waals surface area contributed by atoms with E-state index in [9.17, 15) is 17.2 Å². The summed E-state index contributed by atoms with van der Waals surface area (Å²) in [5, 5.41) is 11.4. The van der Waals surface area contributed by atoms with Crippen molar-refractivity contribution in [2.45, 2.75) is 63.9 Å². The lowest BCUT2D eigenvalue weighted by atomic mass is 10.1.